The molecule has 0 unspecified atom stereocenters. The number of hydrogen-bond donors (Lipinski definition) is 1. The molecule has 0 aliphatic carbocycles. The largest absolute Gasteiger partial charge is 0.507 e. The zero-order chi connectivity index (χ0) is 15.5. The van der Waals surface area contributed by atoms with E-state index in [-0.39, 0.29) is 5.75 Å². The zero-order valence-corrected chi connectivity index (χ0v) is 11.9. The first-order chi connectivity index (χ1) is 10.7. The van der Waals surface area contributed by atoms with Crippen LogP contribution in [0.2, 0.25) is 0 Å². The highest BCUT2D eigenvalue weighted by molar-refractivity contribution is 5.70. The van der Waals surface area contributed by atoms with Crippen molar-refractivity contribution in [2.75, 3.05) is 7.11 Å². The molecule has 2 aromatic carbocycles. The van der Waals surface area contributed by atoms with Crippen LogP contribution < -0.4 is 4.74 Å². The molecule has 3 aromatic rings. The third-order valence-corrected chi connectivity index (χ3v) is 3.34. The Morgan fingerprint density at radius 3 is 2.77 bits per heavy atom. The molecule has 0 fully saturated rings. The number of aromatic hydroxyl groups is 1. The van der Waals surface area contributed by atoms with Gasteiger partial charge >= 0.3 is 0 Å². The summed E-state index contributed by atoms with van der Waals surface area (Å²) >= 11 is 0. The first-order valence-electron chi connectivity index (χ1n) is 6.65. The molecule has 0 saturated heterocycles. The lowest BCUT2D eigenvalue weighted by Gasteiger charge is -2.10. The quantitative estimate of drug-likeness (QED) is 0.804. The normalized spacial score (nSPS) is 10.2. The molecule has 0 atom stereocenters. The molecule has 3 rings (SSSR count). The van der Waals surface area contributed by atoms with E-state index in [1.807, 2.05) is 6.07 Å². The molecular weight excluding hydrogens is 278 g/mol. The van der Waals surface area contributed by atoms with Gasteiger partial charge in [0, 0.05) is 11.6 Å². The standard InChI is InChI=1S/C17H13N3O2/c1-22-14-5-6-15(17(21)10-14)16-7-8-19-20(16)13-4-2-3-12(9-13)11-18/h2-10,21H,1H3. The average Bonchev–Trinajstić information content (AvgIpc) is 3.04. The molecule has 0 saturated carbocycles. The van der Waals surface area contributed by atoms with Gasteiger partial charge in [-0.15, -0.1) is 0 Å². The summed E-state index contributed by atoms with van der Waals surface area (Å²) in [6, 6.07) is 16.2. The van der Waals surface area contributed by atoms with Gasteiger partial charge in [-0.1, -0.05) is 6.07 Å². The molecular formula is C17H13N3O2. The SMILES string of the molecule is COc1ccc(-c2ccnn2-c2cccc(C#N)c2)c(O)c1. The number of methoxy groups -OCH3 is 1. The van der Waals surface area contributed by atoms with E-state index in [9.17, 15) is 5.11 Å². The van der Waals surface area contributed by atoms with E-state index in [1.165, 1.54) is 0 Å². The number of aromatic nitrogens is 2. The molecule has 0 aliphatic heterocycles. The Hall–Kier alpha value is -3.26. The number of rotatable bonds is 3. The third-order valence-electron chi connectivity index (χ3n) is 3.34. The van der Waals surface area contributed by atoms with Crippen molar-refractivity contribution in [1.29, 1.82) is 5.26 Å². The van der Waals surface area contributed by atoms with Gasteiger partial charge in [0.15, 0.2) is 0 Å². The highest BCUT2D eigenvalue weighted by Gasteiger charge is 2.12. The summed E-state index contributed by atoms with van der Waals surface area (Å²) in [4.78, 5) is 0. The molecule has 5 heteroatoms. The van der Waals surface area contributed by atoms with Crippen molar-refractivity contribution in [2.24, 2.45) is 0 Å². The fraction of sp³-hybridized carbons (Fsp3) is 0.0588. The number of hydrogen-bond acceptors (Lipinski definition) is 4. The van der Waals surface area contributed by atoms with Crippen molar-refractivity contribution in [2.45, 2.75) is 0 Å². The van der Waals surface area contributed by atoms with E-state index < -0.39 is 0 Å². The van der Waals surface area contributed by atoms with Gasteiger partial charge in [0.1, 0.15) is 11.5 Å². The van der Waals surface area contributed by atoms with Crippen LogP contribution in [0.25, 0.3) is 16.9 Å². The fourth-order valence-corrected chi connectivity index (χ4v) is 2.28. The summed E-state index contributed by atoms with van der Waals surface area (Å²) in [5.41, 5.74) is 2.68. The van der Waals surface area contributed by atoms with E-state index >= 15 is 0 Å². The van der Waals surface area contributed by atoms with Gasteiger partial charge in [0.2, 0.25) is 0 Å². The number of phenolic OH excluding ortho intramolecular Hbond substituents is 1. The predicted octanol–water partition coefficient (Wildman–Crippen LogP) is 3.13. The van der Waals surface area contributed by atoms with Crippen molar-refractivity contribution in [3.05, 3.63) is 60.3 Å². The van der Waals surface area contributed by atoms with Crippen molar-refractivity contribution in [3.63, 3.8) is 0 Å². The Morgan fingerprint density at radius 1 is 1.18 bits per heavy atom. The Bertz CT molecular complexity index is 862. The Kier molecular flexibility index (Phi) is 3.50. The summed E-state index contributed by atoms with van der Waals surface area (Å²) in [6.07, 6.45) is 1.65. The number of nitrogens with zero attached hydrogens (tertiary/aromatic N) is 3. The van der Waals surface area contributed by atoms with Crippen LogP contribution in [0.15, 0.2) is 54.7 Å². The van der Waals surface area contributed by atoms with Gasteiger partial charge in [-0.25, -0.2) is 4.68 Å². The summed E-state index contributed by atoms with van der Waals surface area (Å²) < 4.78 is 6.78. The van der Waals surface area contributed by atoms with E-state index in [0.29, 0.717) is 16.9 Å². The van der Waals surface area contributed by atoms with Crippen LogP contribution in [0.1, 0.15) is 5.56 Å². The summed E-state index contributed by atoms with van der Waals surface area (Å²) in [6.45, 7) is 0. The fourth-order valence-electron chi connectivity index (χ4n) is 2.28. The molecule has 108 valence electrons. The Balaban J connectivity index is 2.11. The number of phenols is 1. The molecule has 0 spiro atoms. The Labute approximate surface area is 127 Å². The van der Waals surface area contributed by atoms with E-state index in [4.69, 9.17) is 10.00 Å². The first-order valence-corrected chi connectivity index (χ1v) is 6.65. The lowest BCUT2D eigenvalue weighted by atomic mass is 10.1. The van der Waals surface area contributed by atoms with Crippen LogP contribution in [0, 0.1) is 11.3 Å². The van der Waals surface area contributed by atoms with Crippen LogP contribution in [0.5, 0.6) is 11.5 Å². The highest BCUT2D eigenvalue weighted by atomic mass is 16.5. The second-order valence-corrected chi connectivity index (χ2v) is 4.67. The molecule has 5 nitrogen and oxygen atoms in total. The summed E-state index contributed by atoms with van der Waals surface area (Å²) in [7, 11) is 1.55. The molecule has 1 heterocycles. The first kappa shape index (κ1) is 13.7. The van der Waals surface area contributed by atoms with Crippen LogP contribution in [0.3, 0.4) is 0 Å². The maximum absolute atomic E-state index is 10.2. The minimum atomic E-state index is 0.109. The van der Waals surface area contributed by atoms with E-state index in [1.54, 1.807) is 60.5 Å². The van der Waals surface area contributed by atoms with Crippen molar-refractivity contribution in [3.8, 4) is 34.5 Å². The topological polar surface area (TPSA) is 71.1 Å². The Morgan fingerprint density at radius 2 is 2.05 bits per heavy atom. The highest BCUT2D eigenvalue weighted by Crippen LogP contribution is 2.33. The molecule has 0 aliphatic rings. The lowest BCUT2D eigenvalue weighted by molar-refractivity contribution is 0.408. The maximum atomic E-state index is 10.2. The van der Waals surface area contributed by atoms with Crippen LogP contribution >= 0.6 is 0 Å². The third kappa shape index (κ3) is 2.38. The average molecular weight is 291 g/mol. The van der Waals surface area contributed by atoms with Crippen molar-refractivity contribution in [1.82, 2.24) is 9.78 Å². The van der Waals surface area contributed by atoms with Crippen molar-refractivity contribution < 1.29 is 9.84 Å². The van der Waals surface area contributed by atoms with Gasteiger partial charge < -0.3 is 9.84 Å². The number of benzene rings is 2. The van der Waals surface area contributed by atoms with Crippen LogP contribution in [-0.4, -0.2) is 22.0 Å². The molecule has 1 N–H and O–H groups in total. The number of ether oxygens (including phenoxy) is 1. The second kappa shape index (κ2) is 5.62. The molecule has 22 heavy (non-hydrogen) atoms. The molecule has 0 amide bonds. The van der Waals surface area contributed by atoms with Gasteiger partial charge in [0.05, 0.1) is 36.3 Å². The van der Waals surface area contributed by atoms with Gasteiger partial charge in [-0.05, 0) is 36.4 Å². The van der Waals surface area contributed by atoms with Crippen LogP contribution in [0.4, 0.5) is 0 Å². The minimum Gasteiger partial charge on any atom is -0.507 e. The molecule has 0 radical (unpaired) electrons. The predicted molar refractivity (Wildman–Crippen MR) is 81.9 cm³/mol. The molecule has 0 bridgehead atoms. The van der Waals surface area contributed by atoms with Gasteiger partial charge in [-0.3, -0.25) is 0 Å². The molecule has 1 aromatic heterocycles. The lowest BCUT2D eigenvalue weighted by Crippen LogP contribution is -1.99. The van der Waals surface area contributed by atoms with Crippen molar-refractivity contribution >= 4 is 0 Å². The smallest absolute Gasteiger partial charge is 0.128 e. The van der Waals surface area contributed by atoms with Gasteiger partial charge in [-0.2, -0.15) is 10.4 Å². The van der Waals surface area contributed by atoms with E-state index in [0.717, 1.165) is 11.4 Å². The van der Waals surface area contributed by atoms with E-state index in [2.05, 4.69) is 11.2 Å². The number of nitriles is 1. The summed E-state index contributed by atoms with van der Waals surface area (Å²) in [5, 5.41) is 23.5. The maximum Gasteiger partial charge on any atom is 0.128 e. The zero-order valence-electron chi connectivity index (χ0n) is 11.9. The second-order valence-electron chi connectivity index (χ2n) is 4.67. The monoisotopic (exact) mass is 291 g/mol. The minimum absolute atomic E-state index is 0.109. The summed E-state index contributed by atoms with van der Waals surface area (Å²) in [5.74, 6) is 0.691. The van der Waals surface area contributed by atoms with Crippen LogP contribution in [-0.2, 0) is 0 Å². The van der Waals surface area contributed by atoms with Gasteiger partial charge in [0.25, 0.3) is 0 Å².